The Morgan fingerprint density at radius 3 is 2.62 bits per heavy atom. The number of ether oxygens (including phenoxy) is 1. The van der Waals surface area contributed by atoms with Crippen molar-refractivity contribution in [3.8, 4) is 28.7 Å². The van der Waals surface area contributed by atoms with Gasteiger partial charge in [0, 0.05) is 10.9 Å². The normalized spacial score (nSPS) is 11.0. The van der Waals surface area contributed by atoms with E-state index < -0.39 is 0 Å². The van der Waals surface area contributed by atoms with Crippen LogP contribution < -0.4 is 4.74 Å². The Labute approximate surface area is 151 Å². The van der Waals surface area contributed by atoms with Crippen molar-refractivity contribution in [2.45, 2.75) is 20.8 Å². The van der Waals surface area contributed by atoms with Crippen LogP contribution >= 0.6 is 0 Å². The van der Waals surface area contributed by atoms with Crippen LogP contribution in [-0.4, -0.2) is 21.7 Å². The van der Waals surface area contributed by atoms with Gasteiger partial charge in [0.05, 0.1) is 17.7 Å². The average Bonchev–Trinajstić information content (AvgIpc) is 3.11. The Kier molecular flexibility index (Phi) is 4.13. The molecular formula is C21H19N3O2. The van der Waals surface area contributed by atoms with Crippen LogP contribution in [0.15, 0.2) is 53.1 Å². The number of hydrogen-bond acceptors (Lipinski definition) is 5. The van der Waals surface area contributed by atoms with Gasteiger partial charge < -0.3 is 9.26 Å². The van der Waals surface area contributed by atoms with E-state index in [9.17, 15) is 0 Å². The highest BCUT2D eigenvalue weighted by Crippen LogP contribution is 2.32. The molecule has 0 fully saturated rings. The van der Waals surface area contributed by atoms with Gasteiger partial charge in [0.2, 0.25) is 11.7 Å². The zero-order valence-electron chi connectivity index (χ0n) is 15.0. The molecule has 0 atom stereocenters. The van der Waals surface area contributed by atoms with E-state index in [1.54, 1.807) is 0 Å². The van der Waals surface area contributed by atoms with Gasteiger partial charge >= 0.3 is 0 Å². The molecule has 0 aliphatic carbocycles. The van der Waals surface area contributed by atoms with E-state index >= 15 is 0 Å². The molecule has 0 amide bonds. The van der Waals surface area contributed by atoms with Crippen LogP contribution in [0.5, 0.6) is 5.88 Å². The first-order chi connectivity index (χ1) is 12.7. The molecule has 2 aromatic carbocycles. The molecule has 130 valence electrons. The quantitative estimate of drug-likeness (QED) is 0.523. The van der Waals surface area contributed by atoms with Gasteiger partial charge in [-0.1, -0.05) is 35.0 Å². The van der Waals surface area contributed by atoms with Crippen LogP contribution in [0.25, 0.3) is 33.7 Å². The van der Waals surface area contributed by atoms with Crippen LogP contribution in [0.3, 0.4) is 0 Å². The van der Waals surface area contributed by atoms with Crippen LogP contribution in [0, 0.1) is 13.8 Å². The molecular weight excluding hydrogens is 326 g/mol. The van der Waals surface area contributed by atoms with E-state index in [2.05, 4.69) is 28.1 Å². The lowest BCUT2D eigenvalue weighted by atomic mass is 10.1. The summed E-state index contributed by atoms with van der Waals surface area (Å²) in [5.74, 6) is 1.48. The molecule has 2 aromatic heterocycles. The molecule has 0 unspecified atom stereocenters. The van der Waals surface area contributed by atoms with Crippen molar-refractivity contribution < 1.29 is 9.26 Å². The largest absolute Gasteiger partial charge is 0.477 e. The molecule has 0 radical (unpaired) electrons. The monoisotopic (exact) mass is 345 g/mol. The molecule has 26 heavy (non-hydrogen) atoms. The van der Waals surface area contributed by atoms with E-state index in [1.807, 2.05) is 56.3 Å². The molecule has 0 saturated carbocycles. The van der Waals surface area contributed by atoms with Crippen LogP contribution in [0.4, 0.5) is 0 Å². The van der Waals surface area contributed by atoms with Gasteiger partial charge in [-0.25, -0.2) is 4.98 Å². The third kappa shape index (κ3) is 2.92. The smallest absolute Gasteiger partial charge is 0.258 e. The second kappa shape index (κ2) is 6.59. The van der Waals surface area contributed by atoms with Gasteiger partial charge in [-0.05, 0) is 50.6 Å². The summed E-state index contributed by atoms with van der Waals surface area (Å²) in [6.45, 7) is 6.52. The van der Waals surface area contributed by atoms with Gasteiger partial charge in [0.15, 0.2) is 0 Å². The van der Waals surface area contributed by atoms with E-state index in [1.165, 1.54) is 5.56 Å². The SMILES string of the molecule is CCOc1nc2ccc(C)cc2cc1-c1noc(-c2ccccc2C)n1. The topological polar surface area (TPSA) is 61.0 Å². The number of aryl methyl sites for hydroxylation is 2. The molecule has 4 aromatic rings. The van der Waals surface area contributed by atoms with Gasteiger partial charge in [-0.15, -0.1) is 0 Å². The number of fused-ring (bicyclic) bond motifs is 1. The maximum Gasteiger partial charge on any atom is 0.258 e. The summed E-state index contributed by atoms with van der Waals surface area (Å²) >= 11 is 0. The summed E-state index contributed by atoms with van der Waals surface area (Å²) in [7, 11) is 0. The third-order valence-corrected chi connectivity index (χ3v) is 4.26. The predicted molar refractivity (Wildman–Crippen MR) is 101 cm³/mol. The molecule has 0 aliphatic heterocycles. The lowest BCUT2D eigenvalue weighted by molar-refractivity contribution is 0.329. The van der Waals surface area contributed by atoms with Crippen molar-refractivity contribution in [2.75, 3.05) is 6.61 Å². The summed E-state index contributed by atoms with van der Waals surface area (Å²) in [5, 5.41) is 5.19. The van der Waals surface area contributed by atoms with E-state index in [0.717, 1.165) is 27.6 Å². The summed E-state index contributed by atoms with van der Waals surface area (Å²) < 4.78 is 11.2. The lowest BCUT2D eigenvalue weighted by Gasteiger charge is -2.08. The van der Waals surface area contributed by atoms with Crippen LogP contribution in [-0.2, 0) is 0 Å². The van der Waals surface area contributed by atoms with Gasteiger partial charge in [0.25, 0.3) is 5.89 Å². The molecule has 5 nitrogen and oxygen atoms in total. The van der Waals surface area contributed by atoms with E-state index in [0.29, 0.717) is 24.2 Å². The molecule has 0 bridgehead atoms. The minimum absolute atomic E-state index is 0.475. The number of aromatic nitrogens is 3. The maximum absolute atomic E-state index is 5.74. The third-order valence-electron chi connectivity index (χ3n) is 4.26. The van der Waals surface area contributed by atoms with Crippen molar-refractivity contribution in [1.29, 1.82) is 0 Å². The molecule has 0 spiro atoms. The highest BCUT2D eigenvalue weighted by molar-refractivity contribution is 5.85. The number of hydrogen-bond donors (Lipinski definition) is 0. The Morgan fingerprint density at radius 1 is 0.962 bits per heavy atom. The number of pyridine rings is 1. The minimum atomic E-state index is 0.475. The van der Waals surface area contributed by atoms with Crippen molar-refractivity contribution in [1.82, 2.24) is 15.1 Å². The molecule has 5 heteroatoms. The first kappa shape index (κ1) is 16.3. The average molecular weight is 345 g/mol. The number of rotatable bonds is 4. The molecule has 4 rings (SSSR count). The van der Waals surface area contributed by atoms with E-state index in [-0.39, 0.29) is 0 Å². The second-order valence-corrected chi connectivity index (χ2v) is 6.21. The Hall–Kier alpha value is -3.21. The van der Waals surface area contributed by atoms with Gasteiger partial charge in [-0.3, -0.25) is 0 Å². The minimum Gasteiger partial charge on any atom is -0.477 e. The highest BCUT2D eigenvalue weighted by atomic mass is 16.5. The summed E-state index contributed by atoms with van der Waals surface area (Å²) in [6, 6.07) is 16.1. The standard InChI is InChI=1S/C21H19N3O2/c1-4-25-20-17(12-15-11-13(2)9-10-18(15)22-20)19-23-21(26-24-19)16-8-6-5-7-14(16)3/h5-12H,4H2,1-3H3. The van der Waals surface area contributed by atoms with Crippen molar-refractivity contribution in [3.63, 3.8) is 0 Å². The van der Waals surface area contributed by atoms with Crippen molar-refractivity contribution in [2.24, 2.45) is 0 Å². The summed E-state index contributed by atoms with van der Waals surface area (Å²) in [4.78, 5) is 9.22. The highest BCUT2D eigenvalue weighted by Gasteiger charge is 2.18. The zero-order chi connectivity index (χ0) is 18.1. The fourth-order valence-corrected chi connectivity index (χ4v) is 2.94. The first-order valence-corrected chi connectivity index (χ1v) is 8.60. The van der Waals surface area contributed by atoms with Crippen molar-refractivity contribution >= 4 is 10.9 Å². The number of benzene rings is 2. The molecule has 0 saturated heterocycles. The first-order valence-electron chi connectivity index (χ1n) is 8.60. The summed E-state index contributed by atoms with van der Waals surface area (Å²) in [6.07, 6.45) is 0. The fourth-order valence-electron chi connectivity index (χ4n) is 2.94. The molecule has 2 heterocycles. The van der Waals surface area contributed by atoms with Gasteiger partial charge in [-0.2, -0.15) is 4.98 Å². The van der Waals surface area contributed by atoms with Crippen LogP contribution in [0.1, 0.15) is 18.1 Å². The maximum atomic E-state index is 5.74. The second-order valence-electron chi connectivity index (χ2n) is 6.21. The lowest BCUT2D eigenvalue weighted by Crippen LogP contribution is -1.98. The fraction of sp³-hybridized carbons (Fsp3) is 0.190. The Morgan fingerprint density at radius 2 is 1.81 bits per heavy atom. The Bertz CT molecular complexity index is 1090. The summed E-state index contributed by atoms with van der Waals surface area (Å²) in [5.41, 5.74) is 4.79. The molecule has 0 N–H and O–H groups in total. The molecule has 0 aliphatic rings. The zero-order valence-corrected chi connectivity index (χ0v) is 15.0. The predicted octanol–water partition coefficient (Wildman–Crippen LogP) is 4.97. The van der Waals surface area contributed by atoms with Gasteiger partial charge in [0.1, 0.15) is 0 Å². The van der Waals surface area contributed by atoms with E-state index in [4.69, 9.17) is 9.26 Å². The van der Waals surface area contributed by atoms with Crippen molar-refractivity contribution in [3.05, 3.63) is 59.7 Å². The van der Waals surface area contributed by atoms with Crippen LogP contribution in [0.2, 0.25) is 0 Å². The Balaban J connectivity index is 1.85. The number of nitrogens with zero attached hydrogens (tertiary/aromatic N) is 3.